The summed E-state index contributed by atoms with van der Waals surface area (Å²) < 4.78 is 38.5. The van der Waals surface area contributed by atoms with Gasteiger partial charge in [-0.05, 0) is 74.8 Å². The van der Waals surface area contributed by atoms with E-state index >= 15 is 0 Å². The van der Waals surface area contributed by atoms with Crippen molar-refractivity contribution in [1.29, 1.82) is 0 Å². The quantitative estimate of drug-likeness (QED) is 0.258. The first-order valence-electron chi connectivity index (χ1n) is 10.9. The molecule has 0 aliphatic heterocycles. The molecule has 2 N–H and O–H groups in total. The number of alkyl halides is 3. The van der Waals surface area contributed by atoms with Crippen molar-refractivity contribution in [3.8, 4) is 5.75 Å². The molecular formula is C27H32F3NO2. The summed E-state index contributed by atoms with van der Waals surface area (Å²) in [5.41, 5.74) is 3.42. The lowest BCUT2D eigenvalue weighted by atomic mass is 9.72. The fraction of sp³-hybridized carbons (Fsp3) is 0.370. The molecule has 1 amide bonds. The Balaban J connectivity index is 2.03. The van der Waals surface area contributed by atoms with E-state index in [0.717, 1.165) is 24.1 Å². The van der Waals surface area contributed by atoms with Gasteiger partial charge in [-0.25, -0.2) is 0 Å². The second kappa shape index (κ2) is 10.7. The van der Waals surface area contributed by atoms with Gasteiger partial charge in [0.15, 0.2) is 0 Å². The monoisotopic (exact) mass is 459 g/mol. The molecule has 0 atom stereocenters. The third kappa shape index (κ3) is 7.81. The molecule has 6 heteroatoms. The van der Waals surface area contributed by atoms with Gasteiger partial charge in [0, 0.05) is 6.08 Å². The topological polar surface area (TPSA) is 49.3 Å². The van der Waals surface area contributed by atoms with Gasteiger partial charge in [-0.2, -0.15) is 13.2 Å². The van der Waals surface area contributed by atoms with Crippen LogP contribution in [0.5, 0.6) is 5.75 Å². The molecule has 3 nitrogen and oxygen atoms in total. The normalized spacial score (nSPS) is 17.8. The highest BCUT2D eigenvalue weighted by Crippen LogP contribution is 2.40. The number of hydrogen-bond donors (Lipinski definition) is 2. The molecule has 0 saturated carbocycles. The molecule has 1 aliphatic carbocycles. The summed E-state index contributed by atoms with van der Waals surface area (Å²) in [5, 5.41) is 12.0. The highest BCUT2D eigenvalue weighted by molar-refractivity contribution is 6.01. The Morgan fingerprint density at radius 2 is 1.85 bits per heavy atom. The van der Waals surface area contributed by atoms with Crippen LogP contribution in [0.15, 0.2) is 76.9 Å². The molecule has 0 heterocycles. The first kappa shape index (κ1) is 26.2. The Bertz CT molecular complexity index is 1040. The van der Waals surface area contributed by atoms with Crippen LogP contribution in [-0.2, 0) is 11.0 Å². The van der Waals surface area contributed by atoms with Crippen molar-refractivity contribution < 1.29 is 23.1 Å². The summed E-state index contributed by atoms with van der Waals surface area (Å²) in [6, 6.07) is 2.36. The van der Waals surface area contributed by atoms with Crippen molar-refractivity contribution in [2.24, 2.45) is 5.41 Å². The number of carbonyl (C=O) groups is 1. The van der Waals surface area contributed by atoms with Gasteiger partial charge in [-0.1, -0.05) is 55.4 Å². The maximum Gasteiger partial charge on any atom is 0.416 e. The Kier molecular flexibility index (Phi) is 8.53. The van der Waals surface area contributed by atoms with Gasteiger partial charge >= 0.3 is 6.18 Å². The van der Waals surface area contributed by atoms with Gasteiger partial charge in [-0.15, -0.1) is 0 Å². The molecule has 33 heavy (non-hydrogen) atoms. The first-order chi connectivity index (χ1) is 15.3. The van der Waals surface area contributed by atoms with Gasteiger partial charge in [0.05, 0.1) is 11.3 Å². The van der Waals surface area contributed by atoms with E-state index in [9.17, 15) is 23.1 Å². The minimum Gasteiger partial charge on any atom is -0.506 e. The summed E-state index contributed by atoms with van der Waals surface area (Å²) >= 11 is 0. The Morgan fingerprint density at radius 1 is 1.15 bits per heavy atom. The number of phenols is 1. The maximum absolute atomic E-state index is 12.8. The van der Waals surface area contributed by atoms with E-state index < -0.39 is 23.4 Å². The molecule has 1 aliphatic rings. The van der Waals surface area contributed by atoms with E-state index in [-0.39, 0.29) is 11.1 Å². The van der Waals surface area contributed by atoms with E-state index in [1.54, 1.807) is 13.0 Å². The van der Waals surface area contributed by atoms with E-state index in [4.69, 9.17) is 0 Å². The van der Waals surface area contributed by atoms with Gasteiger partial charge in [0.25, 0.3) is 0 Å². The molecule has 0 aromatic heterocycles. The summed E-state index contributed by atoms with van der Waals surface area (Å²) in [5.74, 6) is -1.07. The second-order valence-electron chi connectivity index (χ2n) is 9.14. The molecule has 0 bridgehead atoms. The van der Waals surface area contributed by atoms with Crippen molar-refractivity contribution in [2.75, 3.05) is 5.32 Å². The highest BCUT2D eigenvalue weighted by atomic mass is 19.4. The molecule has 0 fully saturated rings. The van der Waals surface area contributed by atoms with Gasteiger partial charge in [-0.3, -0.25) is 4.79 Å². The number of benzene rings is 1. The fourth-order valence-corrected chi connectivity index (χ4v) is 3.87. The van der Waals surface area contributed by atoms with Crippen LogP contribution in [-0.4, -0.2) is 11.0 Å². The number of amides is 1. The van der Waals surface area contributed by atoms with Crippen LogP contribution in [0.2, 0.25) is 0 Å². The second-order valence-corrected chi connectivity index (χ2v) is 9.14. The van der Waals surface area contributed by atoms with Crippen LogP contribution < -0.4 is 5.32 Å². The van der Waals surface area contributed by atoms with Gasteiger partial charge in [0.1, 0.15) is 5.75 Å². The summed E-state index contributed by atoms with van der Waals surface area (Å²) in [7, 11) is 0. The maximum atomic E-state index is 12.8. The van der Waals surface area contributed by atoms with Crippen molar-refractivity contribution in [3.05, 3.63) is 82.5 Å². The number of carbonyl (C=O) groups excluding carboxylic acids is 1. The molecule has 2 rings (SSSR count). The van der Waals surface area contributed by atoms with Crippen LogP contribution >= 0.6 is 0 Å². The summed E-state index contributed by atoms with van der Waals surface area (Å²) in [6.07, 6.45) is 9.97. The molecule has 0 saturated heterocycles. The lowest BCUT2D eigenvalue weighted by Crippen LogP contribution is -2.19. The number of halogens is 3. The first-order valence-corrected chi connectivity index (χ1v) is 10.9. The number of phenolic OH excluding ortho intramolecular Hbond substituents is 1. The average molecular weight is 460 g/mol. The molecule has 0 unspecified atom stereocenters. The smallest absolute Gasteiger partial charge is 0.416 e. The van der Waals surface area contributed by atoms with Crippen molar-refractivity contribution in [2.45, 2.75) is 60.1 Å². The SMILES string of the molecule is CC1=C(/C=C/C(C)=C/C=C/C(C)=C/C(=O)Nc2cc(C(F)(F)F)ccc2O)C(C)(C)CCC1. The molecule has 1 aromatic rings. The Hall–Kier alpha value is -3.02. The van der Waals surface area contributed by atoms with E-state index in [2.05, 4.69) is 38.2 Å². The minimum absolute atomic E-state index is 0.176. The van der Waals surface area contributed by atoms with Crippen LogP contribution in [0.25, 0.3) is 0 Å². The number of rotatable bonds is 6. The molecular weight excluding hydrogens is 427 g/mol. The van der Waals surface area contributed by atoms with Crippen LogP contribution in [0.4, 0.5) is 18.9 Å². The standard InChI is InChI=1S/C27H32F3NO2/c1-18(11-13-22-20(3)10-7-15-26(22,4)5)8-6-9-19(2)16-25(33)31-23-17-21(27(28,29)30)12-14-24(23)32/h6,8-9,11-14,16-17,32H,7,10,15H2,1-5H3,(H,31,33)/b9-6+,13-11+,18-8+,19-16+. The molecule has 1 aromatic carbocycles. The zero-order valence-corrected chi connectivity index (χ0v) is 19.8. The van der Waals surface area contributed by atoms with Crippen molar-refractivity contribution >= 4 is 11.6 Å². The molecule has 0 radical (unpaired) electrons. The number of nitrogens with one attached hydrogen (secondary N) is 1. The Labute approximate surface area is 194 Å². The fourth-order valence-electron chi connectivity index (χ4n) is 3.87. The Morgan fingerprint density at radius 3 is 2.48 bits per heavy atom. The van der Waals surface area contributed by atoms with Crippen LogP contribution in [0.1, 0.15) is 59.4 Å². The van der Waals surface area contributed by atoms with Gasteiger partial charge < -0.3 is 10.4 Å². The predicted octanol–water partition coefficient (Wildman–Crippen LogP) is 7.88. The molecule has 0 spiro atoms. The van der Waals surface area contributed by atoms with E-state index in [1.165, 1.54) is 30.1 Å². The van der Waals surface area contributed by atoms with Crippen LogP contribution in [0, 0.1) is 5.41 Å². The highest BCUT2D eigenvalue weighted by Gasteiger charge is 2.31. The number of aromatic hydroxyl groups is 1. The zero-order chi connectivity index (χ0) is 24.8. The van der Waals surface area contributed by atoms with Gasteiger partial charge in [0.2, 0.25) is 5.91 Å². The zero-order valence-electron chi connectivity index (χ0n) is 19.8. The number of allylic oxidation sites excluding steroid dienone is 9. The lowest BCUT2D eigenvalue weighted by molar-refractivity contribution is -0.137. The van der Waals surface area contributed by atoms with E-state index in [0.29, 0.717) is 11.6 Å². The minimum atomic E-state index is -4.57. The van der Waals surface area contributed by atoms with E-state index in [1.807, 2.05) is 19.1 Å². The number of hydrogen-bond acceptors (Lipinski definition) is 2. The lowest BCUT2D eigenvalue weighted by Gasteiger charge is -2.32. The molecule has 178 valence electrons. The predicted molar refractivity (Wildman–Crippen MR) is 128 cm³/mol. The third-order valence-electron chi connectivity index (χ3n) is 5.71. The number of anilines is 1. The van der Waals surface area contributed by atoms with Crippen LogP contribution in [0.3, 0.4) is 0 Å². The van der Waals surface area contributed by atoms with Crippen molar-refractivity contribution in [3.63, 3.8) is 0 Å². The average Bonchev–Trinajstić information content (AvgIpc) is 2.67. The third-order valence-corrected chi connectivity index (χ3v) is 5.71. The largest absolute Gasteiger partial charge is 0.506 e. The van der Waals surface area contributed by atoms with Crippen molar-refractivity contribution in [1.82, 2.24) is 0 Å². The summed E-state index contributed by atoms with van der Waals surface area (Å²) in [4.78, 5) is 12.2. The summed E-state index contributed by atoms with van der Waals surface area (Å²) in [6.45, 7) is 10.4.